The fraction of sp³-hybridized carbons (Fsp3) is 0.179. The normalized spacial score (nSPS) is 15.2. The van der Waals surface area contributed by atoms with E-state index in [-0.39, 0.29) is 18.8 Å². The van der Waals surface area contributed by atoms with Gasteiger partial charge in [0.15, 0.2) is 4.80 Å². The summed E-state index contributed by atoms with van der Waals surface area (Å²) in [5, 5.41) is 2.99. The van der Waals surface area contributed by atoms with Gasteiger partial charge >= 0.3 is 5.97 Å². The first-order valence-corrected chi connectivity index (χ1v) is 16.6. The van der Waals surface area contributed by atoms with Gasteiger partial charge in [-0.3, -0.25) is 9.36 Å². The summed E-state index contributed by atoms with van der Waals surface area (Å²) in [6.45, 7) is 3.99. The van der Waals surface area contributed by atoms with Crippen LogP contribution in [0, 0.1) is 7.14 Å². The minimum atomic E-state index is -0.615. The maximum absolute atomic E-state index is 13.9. The summed E-state index contributed by atoms with van der Waals surface area (Å²) in [5.74, 6) is 0.163. The molecule has 1 atom stereocenters. The number of hydrogen-bond acceptors (Lipinski definition) is 7. The van der Waals surface area contributed by atoms with Gasteiger partial charge in [-0.2, -0.15) is 0 Å². The Labute approximate surface area is 275 Å². The van der Waals surface area contributed by atoms with Crippen LogP contribution in [0.4, 0.5) is 0 Å². The maximum atomic E-state index is 13.9. The molecule has 0 saturated heterocycles. The standard InChI is InChI=1S/C28H20Cl2I2N2O4S2/c1-3-37-27(36)23-14(2)33-28-34(24(23)21-5-4-8-39-21)26(35)22(40-28)10-16-9-18(31)12-20(32)25(16)38-13-15-6-7-17(29)11-19(15)30/h4-12,24H,3,13H2,1-2H3/b22-10-/t24-/m1/s1. The lowest BCUT2D eigenvalue weighted by atomic mass is 10.0. The average molecular weight is 837 g/mol. The number of benzene rings is 2. The van der Waals surface area contributed by atoms with Gasteiger partial charge in [0, 0.05) is 29.6 Å². The van der Waals surface area contributed by atoms with E-state index in [2.05, 4.69) is 50.2 Å². The third kappa shape index (κ3) is 6.07. The molecule has 6 nitrogen and oxygen atoms in total. The van der Waals surface area contributed by atoms with E-state index >= 15 is 0 Å². The topological polar surface area (TPSA) is 69.9 Å². The average Bonchev–Trinajstić information content (AvgIpc) is 3.52. The van der Waals surface area contributed by atoms with Gasteiger partial charge in [0.2, 0.25) is 0 Å². The zero-order chi connectivity index (χ0) is 28.6. The number of thiazole rings is 1. The molecule has 0 radical (unpaired) electrons. The van der Waals surface area contributed by atoms with Crippen molar-refractivity contribution in [3.8, 4) is 5.75 Å². The molecule has 0 fully saturated rings. The molecule has 0 aliphatic carbocycles. The van der Waals surface area contributed by atoms with Crippen LogP contribution >= 0.6 is 91.1 Å². The summed E-state index contributed by atoms with van der Waals surface area (Å²) >= 11 is 19.6. The minimum Gasteiger partial charge on any atom is -0.487 e. The predicted octanol–water partition coefficient (Wildman–Crippen LogP) is 6.95. The van der Waals surface area contributed by atoms with Crippen molar-refractivity contribution in [3.63, 3.8) is 0 Å². The smallest absolute Gasteiger partial charge is 0.338 e. The molecule has 3 heterocycles. The maximum Gasteiger partial charge on any atom is 0.338 e. The van der Waals surface area contributed by atoms with Gasteiger partial charge in [0.05, 0.1) is 26.0 Å². The van der Waals surface area contributed by atoms with Crippen molar-refractivity contribution < 1.29 is 14.3 Å². The van der Waals surface area contributed by atoms with Crippen molar-refractivity contribution in [2.45, 2.75) is 26.5 Å². The summed E-state index contributed by atoms with van der Waals surface area (Å²) in [6, 6.07) is 12.4. The Balaban J connectivity index is 1.62. The van der Waals surface area contributed by atoms with Crippen LogP contribution in [-0.4, -0.2) is 17.1 Å². The Kier molecular flexibility index (Phi) is 9.42. The molecular formula is C28H20Cl2I2N2O4S2. The first-order chi connectivity index (χ1) is 19.2. The highest BCUT2D eigenvalue weighted by atomic mass is 127. The van der Waals surface area contributed by atoms with Crippen molar-refractivity contribution in [3.05, 3.63) is 112 Å². The molecule has 12 heteroatoms. The van der Waals surface area contributed by atoms with Crippen LogP contribution in [0.2, 0.25) is 10.0 Å². The number of fused-ring (bicyclic) bond motifs is 1. The number of halogens is 4. The SMILES string of the molecule is CCOC(=O)C1=C(C)N=c2s/c(=C\c3cc(I)cc(I)c3OCc3ccc(Cl)cc3Cl)c(=O)n2[C@@H]1c1cccs1. The summed E-state index contributed by atoms with van der Waals surface area (Å²) in [6.07, 6.45) is 1.82. The van der Waals surface area contributed by atoms with Crippen LogP contribution < -0.4 is 19.6 Å². The number of esters is 1. The highest BCUT2D eigenvalue weighted by Crippen LogP contribution is 2.34. The molecule has 0 saturated carbocycles. The van der Waals surface area contributed by atoms with E-state index in [0.29, 0.717) is 36.4 Å². The number of nitrogens with zero attached hydrogens (tertiary/aromatic N) is 2. The summed E-state index contributed by atoms with van der Waals surface area (Å²) < 4.78 is 15.6. The number of hydrogen-bond donors (Lipinski definition) is 0. The third-order valence-electron chi connectivity index (χ3n) is 6.04. The largest absolute Gasteiger partial charge is 0.487 e. The van der Waals surface area contributed by atoms with E-state index < -0.39 is 12.0 Å². The Bertz CT molecular complexity index is 1830. The van der Waals surface area contributed by atoms with Crippen LogP contribution in [0.5, 0.6) is 5.75 Å². The van der Waals surface area contributed by atoms with Crippen LogP contribution in [0.25, 0.3) is 6.08 Å². The van der Waals surface area contributed by atoms with Crippen LogP contribution in [-0.2, 0) is 16.1 Å². The van der Waals surface area contributed by atoms with Gasteiger partial charge in [-0.05, 0) is 101 Å². The summed E-state index contributed by atoms with van der Waals surface area (Å²) in [7, 11) is 0. The Morgan fingerprint density at radius 2 is 2.00 bits per heavy atom. The first-order valence-electron chi connectivity index (χ1n) is 12.0. The van der Waals surface area contributed by atoms with Gasteiger partial charge in [-0.25, -0.2) is 9.79 Å². The lowest BCUT2D eigenvalue weighted by molar-refractivity contribution is -0.139. The Morgan fingerprint density at radius 1 is 1.20 bits per heavy atom. The second kappa shape index (κ2) is 12.7. The molecular weight excluding hydrogens is 817 g/mol. The number of carbonyl (C=O) groups is 1. The van der Waals surface area contributed by atoms with Crippen molar-refractivity contribution in [1.29, 1.82) is 0 Å². The second-order valence-corrected chi connectivity index (χ2v) is 13.9. The third-order valence-corrected chi connectivity index (χ3v) is 9.96. The summed E-state index contributed by atoms with van der Waals surface area (Å²) in [5.41, 5.74) is 2.22. The van der Waals surface area contributed by atoms with Crippen LogP contribution in [0.3, 0.4) is 0 Å². The lowest BCUT2D eigenvalue weighted by Gasteiger charge is -2.23. The molecule has 0 N–H and O–H groups in total. The van der Waals surface area contributed by atoms with Crippen molar-refractivity contribution in [2.75, 3.05) is 6.61 Å². The molecule has 206 valence electrons. The molecule has 0 amide bonds. The molecule has 2 aromatic heterocycles. The summed E-state index contributed by atoms with van der Waals surface area (Å²) in [4.78, 5) is 33.0. The molecule has 4 aromatic rings. The number of aromatic nitrogens is 1. The number of thiophene rings is 1. The zero-order valence-electron chi connectivity index (χ0n) is 21.0. The van der Waals surface area contributed by atoms with E-state index in [4.69, 9.17) is 32.7 Å². The second-order valence-electron chi connectivity index (χ2n) is 8.65. The zero-order valence-corrected chi connectivity index (χ0v) is 28.5. The molecule has 5 rings (SSSR count). The van der Waals surface area contributed by atoms with E-state index in [1.807, 2.05) is 41.8 Å². The predicted molar refractivity (Wildman–Crippen MR) is 177 cm³/mol. The fourth-order valence-corrected chi connectivity index (χ4v) is 8.65. The number of rotatable bonds is 7. The van der Waals surface area contributed by atoms with Gasteiger partial charge in [0.25, 0.3) is 5.56 Å². The van der Waals surface area contributed by atoms with Crippen LogP contribution in [0.1, 0.15) is 35.9 Å². The van der Waals surface area contributed by atoms with Gasteiger partial charge in [-0.1, -0.05) is 46.7 Å². The van der Waals surface area contributed by atoms with Gasteiger partial charge < -0.3 is 9.47 Å². The van der Waals surface area contributed by atoms with Gasteiger partial charge in [-0.15, -0.1) is 11.3 Å². The molecule has 0 bridgehead atoms. The fourth-order valence-electron chi connectivity index (χ4n) is 4.28. The minimum absolute atomic E-state index is 0.229. The molecule has 1 aliphatic heterocycles. The van der Waals surface area contributed by atoms with Crippen molar-refractivity contribution in [2.24, 2.45) is 4.99 Å². The highest BCUT2D eigenvalue weighted by molar-refractivity contribution is 14.1. The molecule has 2 aromatic carbocycles. The lowest BCUT2D eigenvalue weighted by Crippen LogP contribution is -2.39. The van der Waals surface area contributed by atoms with E-state index in [0.717, 1.165) is 23.1 Å². The molecule has 40 heavy (non-hydrogen) atoms. The molecule has 0 spiro atoms. The highest BCUT2D eigenvalue weighted by Gasteiger charge is 2.34. The Hall–Kier alpha value is -1.71. The Morgan fingerprint density at radius 3 is 2.70 bits per heavy atom. The number of carbonyl (C=O) groups excluding carboxylic acids is 1. The molecule has 1 aliphatic rings. The van der Waals surface area contributed by atoms with E-state index in [9.17, 15) is 9.59 Å². The van der Waals surface area contributed by atoms with Crippen molar-refractivity contribution in [1.82, 2.24) is 4.57 Å². The number of ether oxygens (including phenoxy) is 2. The quantitative estimate of drug-likeness (QED) is 0.149. The van der Waals surface area contributed by atoms with E-state index in [1.165, 1.54) is 22.7 Å². The van der Waals surface area contributed by atoms with Crippen molar-refractivity contribution >= 4 is 103 Å². The van der Waals surface area contributed by atoms with E-state index in [1.54, 1.807) is 30.5 Å². The first kappa shape index (κ1) is 29.8. The molecule has 0 unspecified atom stereocenters. The number of allylic oxidation sites excluding steroid dienone is 1. The monoisotopic (exact) mass is 836 g/mol. The van der Waals surface area contributed by atoms with Gasteiger partial charge in [0.1, 0.15) is 18.4 Å². The van der Waals surface area contributed by atoms with Crippen LogP contribution in [0.15, 0.2) is 68.9 Å².